The Labute approximate surface area is 134 Å². The largest absolute Gasteiger partial charge is 0.439 e. The van der Waals surface area contributed by atoms with Crippen LogP contribution in [0, 0.1) is 5.82 Å². The fraction of sp³-hybridized carbons (Fsp3) is 0.294. The first-order valence-corrected chi connectivity index (χ1v) is 7.47. The van der Waals surface area contributed by atoms with Crippen LogP contribution in [0.3, 0.4) is 0 Å². The summed E-state index contributed by atoms with van der Waals surface area (Å²) in [5.41, 5.74) is 0.735. The molecule has 0 aliphatic heterocycles. The Hall–Kier alpha value is -2.47. The molecule has 2 aromatic rings. The molecule has 2 N–H and O–H groups in total. The van der Waals surface area contributed by atoms with Crippen LogP contribution in [0.2, 0.25) is 0 Å². The Morgan fingerprint density at radius 2 is 2.17 bits per heavy atom. The number of hydrogen-bond acceptors (Lipinski definition) is 4. The Balaban J connectivity index is 1.96. The number of pyridine rings is 1. The van der Waals surface area contributed by atoms with Crippen molar-refractivity contribution in [2.24, 2.45) is 0 Å². The maximum absolute atomic E-state index is 13.2. The molecule has 2 rings (SSSR count). The molecular formula is C17H20FN3O2. The highest BCUT2D eigenvalue weighted by Gasteiger charge is 2.08. The van der Waals surface area contributed by atoms with Gasteiger partial charge in [-0.25, -0.2) is 9.37 Å². The summed E-state index contributed by atoms with van der Waals surface area (Å²) in [4.78, 5) is 15.9. The van der Waals surface area contributed by atoms with E-state index in [9.17, 15) is 9.18 Å². The summed E-state index contributed by atoms with van der Waals surface area (Å²) in [7, 11) is 1.85. The second kappa shape index (κ2) is 8.85. The number of halogens is 1. The lowest BCUT2D eigenvalue weighted by Gasteiger charge is -2.11. The van der Waals surface area contributed by atoms with Crippen LogP contribution in [0.25, 0.3) is 0 Å². The second-order valence-corrected chi connectivity index (χ2v) is 5.01. The molecule has 0 fully saturated rings. The molecule has 6 heteroatoms. The number of nitrogens with one attached hydrogen (secondary N) is 2. The SMILES string of the molecule is CNCCCC(=O)NCc1cccnc1Oc1cccc(F)c1. The van der Waals surface area contributed by atoms with E-state index in [-0.39, 0.29) is 11.7 Å². The lowest BCUT2D eigenvalue weighted by atomic mass is 10.2. The number of amides is 1. The Kier molecular flexibility index (Phi) is 6.50. The molecule has 23 heavy (non-hydrogen) atoms. The van der Waals surface area contributed by atoms with Crippen molar-refractivity contribution in [1.29, 1.82) is 0 Å². The molecule has 1 amide bonds. The van der Waals surface area contributed by atoms with Gasteiger partial charge in [0.2, 0.25) is 11.8 Å². The smallest absolute Gasteiger partial charge is 0.224 e. The first-order chi connectivity index (χ1) is 11.2. The van der Waals surface area contributed by atoms with Crippen molar-refractivity contribution < 1.29 is 13.9 Å². The Morgan fingerprint density at radius 3 is 2.96 bits per heavy atom. The van der Waals surface area contributed by atoms with Gasteiger partial charge in [0.05, 0.1) is 0 Å². The van der Waals surface area contributed by atoms with Crippen LogP contribution in [-0.2, 0) is 11.3 Å². The molecule has 122 valence electrons. The summed E-state index contributed by atoms with van der Waals surface area (Å²) in [6.07, 6.45) is 2.83. The summed E-state index contributed by atoms with van der Waals surface area (Å²) in [5.74, 6) is 0.317. The minimum Gasteiger partial charge on any atom is -0.439 e. The fourth-order valence-corrected chi connectivity index (χ4v) is 2.00. The summed E-state index contributed by atoms with van der Waals surface area (Å²) < 4.78 is 18.8. The van der Waals surface area contributed by atoms with Crippen LogP contribution in [-0.4, -0.2) is 24.5 Å². The summed E-state index contributed by atoms with van der Waals surface area (Å²) >= 11 is 0. The van der Waals surface area contributed by atoms with Crippen molar-refractivity contribution in [2.75, 3.05) is 13.6 Å². The highest BCUT2D eigenvalue weighted by molar-refractivity contribution is 5.75. The number of hydrogen-bond donors (Lipinski definition) is 2. The van der Waals surface area contributed by atoms with Crippen molar-refractivity contribution in [3.8, 4) is 11.6 Å². The maximum atomic E-state index is 13.2. The number of carbonyl (C=O) groups excluding carboxylic acids is 1. The van der Waals surface area contributed by atoms with E-state index in [0.717, 1.165) is 18.5 Å². The zero-order valence-electron chi connectivity index (χ0n) is 13.0. The van der Waals surface area contributed by atoms with Gasteiger partial charge in [0.15, 0.2) is 0 Å². The molecule has 0 atom stereocenters. The van der Waals surface area contributed by atoms with Gasteiger partial charge in [-0.3, -0.25) is 4.79 Å². The third-order valence-electron chi connectivity index (χ3n) is 3.17. The predicted octanol–water partition coefficient (Wildman–Crippen LogP) is 2.63. The van der Waals surface area contributed by atoms with E-state index in [0.29, 0.717) is 24.6 Å². The lowest BCUT2D eigenvalue weighted by Crippen LogP contribution is -2.24. The van der Waals surface area contributed by atoms with Gasteiger partial charge in [-0.1, -0.05) is 12.1 Å². The highest BCUT2D eigenvalue weighted by Crippen LogP contribution is 2.23. The van der Waals surface area contributed by atoms with Gasteiger partial charge in [0, 0.05) is 30.8 Å². The standard InChI is InChI=1S/C17H20FN3O2/c1-19-9-4-8-16(22)21-12-13-5-3-10-20-17(13)23-15-7-2-6-14(18)11-15/h2-3,5-7,10-11,19H,4,8-9,12H2,1H3,(H,21,22). The van der Waals surface area contributed by atoms with E-state index in [4.69, 9.17) is 4.74 Å². The zero-order chi connectivity index (χ0) is 16.5. The first-order valence-electron chi connectivity index (χ1n) is 7.47. The summed E-state index contributed by atoms with van der Waals surface area (Å²) in [6, 6.07) is 9.43. The van der Waals surface area contributed by atoms with Gasteiger partial charge in [-0.2, -0.15) is 0 Å². The Bertz CT molecular complexity index is 649. The predicted molar refractivity (Wildman–Crippen MR) is 85.7 cm³/mol. The van der Waals surface area contributed by atoms with Crippen LogP contribution >= 0.6 is 0 Å². The van der Waals surface area contributed by atoms with Crippen LogP contribution in [0.4, 0.5) is 4.39 Å². The fourth-order valence-electron chi connectivity index (χ4n) is 2.00. The molecule has 0 aliphatic carbocycles. The quantitative estimate of drug-likeness (QED) is 0.735. The van der Waals surface area contributed by atoms with E-state index in [1.54, 1.807) is 24.4 Å². The van der Waals surface area contributed by atoms with Gasteiger partial charge < -0.3 is 15.4 Å². The molecule has 0 aliphatic rings. The number of benzene rings is 1. The van der Waals surface area contributed by atoms with Gasteiger partial charge in [-0.15, -0.1) is 0 Å². The molecule has 5 nitrogen and oxygen atoms in total. The third kappa shape index (κ3) is 5.67. The molecular weight excluding hydrogens is 297 g/mol. The van der Waals surface area contributed by atoms with Gasteiger partial charge in [-0.05, 0) is 38.2 Å². The second-order valence-electron chi connectivity index (χ2n) is 5.01. The normalized spacial score (nSPS) is 10.3. The average Bonchev–Trinajstić information content (AvgIpc) is 2.54. The monoisotopic (exact) mass is 317 g/mol. The van der Waals surface area contributed by atoms with Crippen molar-refractivity contribution in [3.63, 3.8) is 0 Å². The number of nitrogens with zero attached hydrogens (tertiary/aromatic N) is 1. The molecule has 0 unspecified atom stereocenters. The van der Waals surface area contributed by atoms with E-state index in [2.05, 4.69) is 15.6 Å². The van der Waals surface area contributed by atoms with E-state index < -0.39 is 0 Å². The average molecular weight is 317 g/mol. The number of carbonyl (C=O) groups is 1. The lowest BCUT2D eigenvalue weighted by molar-refractivity contribution is -0.121. The minimum absolute atomic E-state index is 0.0270. The third-order valence-corrected chi connectivity index (χ3v) is 3.17. The van der Waals surface area contributed by atoms with Crippen molar-refractivity contribution in [2.45, 2.75) is 19.4 Å². The van der Waals surface area contributed by atoms with Crippen LogP contribution in [0.15, 0.2) is 42.6 Å². The van der Waals surface area contributed by atoms with E-state index >= 15 is 0 Å². The molecule has 0 saturated carbocycles. The zero-order valence-corrected chi connectivity index (χ0v) is 13.0. The summed E-state index contributed by atoms with van der Waals surface area (Å²) in [6.45, 7) is 1.12. The van der Waals surface area contributed by atoms with Crippen LogP contribution in [0.5, 0.6) is 11.6 Å². The molecule has 1 aromatic heterocycles. The minimum atomic E-state index is -0.377. The van der Waals surface area contributed by atoms with E-state index in [1.807, 2.05) is 13.1 Å². The molecule has 0 spiro atoms. The molecule has 1 heterocycles. The number of rotatable bonds is 8. The number of aromatic nitrogens is 1. The highest BCUT2D eigenvalue weighted by atomic mass is 19.1. The number of ether oxygens (including phenoxy) is 1. The van der Waals surface area contributed by atoms with Crippen LogP contribution < -0.4 is 15.4 Å². The molecule has 0 bridgehead atoms. The maximum Gasteiger partial charge on any atom is 0.224 e. The first kappa shape index (κ1) is 16.9. The topological polar surface area (TPSA) is 63.2 Å². The molecule has 0 saturated heterocycles. The molecule has 1 aromatic carbocycles. The summed E-state index contributed by atoms with van der Waals surface area (Å²) in [5, 5.41) is 5.83. The van der Waals surface area contributed by atoms with Gasteiger partial charge in [0.1, 0.15) is 11.6 Å². The Morgan fingerprint density at radius 1 is 1.30 bits per heavy atom. The van der Waals surface area contributed by atoms with Crippen molar-refractivity contribution >= 4 is 5.91 Å². The molecule has 0 radical (unpaired) electrons. The van der Waals surface area contributed by atoms with Gasteiger partial charge >= 0.3 is 0 Å². The van der Waals surface area contributed by atoms with Crippen LogP contribution in [0.1, 0.15) is 18.4 Å². The van der Waals surface area contributed by atoms with Gasteiger partial charge in [0.25, 0.3) is 0 Å². The van der Waals surface area contributed by atoms with E-state index in [1.165, 1.54) is 12.1 Å². The van der Waals surface area contributed by atoms with Crippen molar-refractivity contribution in [3.05, 3.63) is 54.0 Å². The van der Waals surface area contributed by atoms with Crippen molar-refractivity contribution in [1.82, 2.24) is 15.6 Å².